The number of nitrogens with zero attached hydrogens (tertiary/aromatic N) is 2. The fourth-order valence-corrected chi connectivity index (χ4v) is 2.20. The summed E-state index contributed by atoms with van der Waals surface area (Å²) in [6.45, 7) is 1.34. The van der Waals surface area contributed by atoms with Gasteiger partial charge in [-0.2, -0.15) is 0 Å². The van der Waals surface area contributed by atoms with Gasteiger partial charge >= 0.3 is 0 Å². The van der Waals surface area contributed by atoms with Gasteiger partial charge in [-0.3, -0.25) is 14.9 Å². The van der Waals surface area contributed by atoms with Crippen LogP contribution in [0.1, 0.15) is 22.8 Å². The number of hydrogen-bond acceptors (Lipinski definition) is 4. The first-order valence-electron chi connectivity index (χ1n) is 6.74. The number of halogens is 2. The first-order valence-corrected chi connectivity index (χ1v) is 6.74. The molecule has 0 aromatic heterocycles. The molecule has 23 heavy (non-hydrogen) atoms. The van der Waals surface area contributed by atoms with Gasteiger partial charge in [-0.1, -0.05) is 6.07 Å². The summed E-state index contributed by atoms with van der Waals surface area (Å²) in [5.74, 6) is -1.70. The zero-order valence-corrected chi connectivity index (χ0v) is 12.5. The van der Waals surface area contributed by atoms with E-state index >= 15 is 0 Å². The number of nitro groups is 1. The van der Waals surface area contributed by atoms with Crippen molar-refractivity contribution in [1.82, 2.24) is 0 Å². The van der Waals surface area contributed by atoms with Crippen LogP contribution in [0.15, 0.2) is 36.4 Å². The highest BCUT2D eigenvalue weighted by Crippen LogP contribution is 2.30. The number of Topliss-reactive ketones (excluding diaryl/α,β-unsaturated/α-hetero) is 1. The molecule has 2 aromatic rings. The van der Waals surface area contributed by atoms with E-state index in [-0.39, 0.29) is 34.8 Å². The summed E-state index contributed by atoms with van der Waals surface area (Å²) in [5.41, 5.74) is 0.423. The standard InChI is InChI=1S/C16H14F2N2O3/c1-10(21)11-4-6-15(16(7-11)20(22)23)19(2)9-12-3-5-13(17)8-14(12)18/h3-8H,9H2,1-2H3. The summed E-state index contributed by atoms with van der Waals surface area (Å²) in [5, 5.41) is 11.2. The van der Waals surface area contributed by atoms with Gasteiger partial charge in [0.15, 0.2) is 5.78 Å². The van der Waals surface area contributed by atoms with E-state index in [1.807, 2.05) is 0 Å². The average Bonchev–Trinajstić information content (AvgIpc) is 2.49. The average molecular weight is 320 g/mol. The molecule has 0 saturated heterocycles. The second-order valence-corrected chi connectivity index (χ2v) is 5.11. The molecule has 0 saturated carbocycles. The quantitative estimate of drug-likeness (QED) is 0.478. The van der Waals surface area contributed by atoms with Crippen molar-refractivity contribution in [1.29, 1.82) is 0 Å². The maximum absolute atomic E-state index is 13.7. The zero-order chi connectivity index (χ0) is 17.1. The van der Waals surface area contributed by atoms with Crippen LogP contribution in [0.5, 0.6) is 0 Å². The van der Waals surface area contributed by atoms with E-state index in [1.54, 1.807) is 7.05 Å². The van der Waals surface area contributed by atoms with E-state index in [0.717, 1.165) is 12.1 Å². The molecule has 2 aromatic carbocycles. The molecule has 2 rings (SSSR count). The number of benzene rings is 2. The Balaban J connectivity index is 2.36. The number of nitro benzene ring substituents is 1. The van der Waals surface area contributed by atoms with Crippen LogP contribution in [0.2, 0.25) is 0 Å². The van der Waals surface area contributed by atoms with E-state index in [2.05, 4.69) is 0 Å². The lowest BCUT2D eigenvalue weighted by Crippen LogP contribution is -2.19. The highest BCUT2D eigenvalue weighted by atomic mass is 19.1. The third-order valence-corrected chi connectivity index (χ3v) is 3.41. The Morgan fingerprint density at radius 2 is 1.91 bits per heavy atom. The van der Waals surface area contributed by atoms with Crippen molar-refractivity contribution in [3.63, 3.8) is 0 Å². The predicted molar refractivity (Wildman–Crippen MR) is 81.6 cm³/mol. The SMILES string of the molecule is CC(=O)c1ccc(N(C)Cc2ccc(F)cc2F)c([N+](=O)[O-])c1. The van der Waals surface area contributed by atoms with Gasteiger partial charge in [0.25, 0.3) is 5.69 Å². The van der Waals surface area contributed by atoms with Crippen molar-refractivity contribution in [3.8, 4) is 0 Å². The molecule has 0 N–H and O–H groups in total. The van der Waals surface area contributed by atoms with Gasteiger partial charge < -0.3 is 4.90 Å². The van der Waals surface area contributed by atoms with Crippen LogP contribution in [-0.4, -0.2) is 17.8 Å². The van der Waals surface area contributed by atoms with Crippen molar-refractivity contribution in [3.05, 3.63) is 69.3 Å². The van der Waals surface area contributed by atoms with Crippen LogP contribution >= 0.6 is 0 Å². The smallest absolute Gasteiger partial charge is 0.293 e. The Hall–Kier alpha value is -2.83. The molecule has 120 valence electrons. The van der Waals surface area contributed by atoms with Crippen LogP contribution < -0.4 is 4.90 Å². The summed E-state index contributed by atoms with van der Waals surface area (Å²) in [4.78, 5) is 23.4. The van der Waals surface area contributed by atoms with E-state index in [9.17, 15) is 23.7 Å². The number of anilines is 1. The van der Waals surface area contributed by atoms with Crippen molar-refractivity contribution < 1.29 is 18.5 Å². The minimum Gasteiger partial charge on any atom is -0.365 e. The Morgan fingerprint density at radius 1 is 1.22 bits per heavy atom. The normalized spacial score (nSPS) is 10.4. The minimum absolute atomic E-state index is 0.0202. The van der Waals surface area contributed by atoms with Gasteiger partial charge in [0.2, 0.25) is 0 Å². The maximum Gasteiger partial charge on any atom is 0.293 e. The van der Waals surface area contributed by atoms with Gasteiger partial charge in [0, 0.05) is 36.9 Å². The fourth-order valence-electron chi connectivity index (χ4n) is 2.20. The van der Waals surface area contributed by atoms with E-state index in [0.29, 0.717) is 0 Å². The lowest BCUT2D eigenvalue weighted by atomic mass is 10.1. The third-order valence-electron chi connectivity index (χ3n) is 3.41. The fraction of sp³-hybridized carbons (Fsp3) is 0.188. The summed E-state index contributed by atoms with van der Waals surface area (Å²) in [6, 6.07) is 7.28. The molecule has 0 atom stereocenters. The molecule has 0 aliphatic carbocycles. The van der Waals surface area contributed by atoms with Crippen molar-refractivity contribution >= 4 is 17.2 Å². The van der Waals surface area contributed by atoms with Crippen LogP contribution in [-0.2, 0) is 6.54 Å². The first-order chi connectivity index (χ1) is 10.8. The molecule has 0 bridgehead atoms. The lowest BCUT2D eigenvalue weighted by molar-refractivity contribution is -0.384. The zero-order valence-electron chi connectivity index (χ0n) is 12.5. The molecule has 0 radical (unpaired) electrons. The van der Waals surface area contributed by atoms with Crippen LogP contribution in [0.25, 0.3) is 0 Å². The summed E-state index contributed by atoms with van der Waals surface area (Å²) < 4.78 is 26.6. The molecule has 0 aliphatic rings. The molecular formula is C16H14F2N2O3. The largest absolute Gasteiger partial charge is 0.365 e. The second-order valence-electron chi connectivity index (χ2n) is 5.11. The molecule has 0 amide bonds. The van der Waals surface area contributed by atoms with Crippen molar-refractivity contribution in [2.45, 2.75) is 13.5 Å². The van der Waals surface area contributed by atoms with Crippen LogP contribution in [0.3, 0.4) is 0 Å². The molecule has 0 spiro atoms. The summed E-state index contributed by atoms with van der Waals surface area (Å²) in [6.07, 6.45) is 0. The van der Waals surface area contributed by atoms with Crippen LogP contribution in [0, 0.1) is 21.7 Å². The van der Waals surface area contributed by atoms with Crippen molar-refractivity contribution in [2.75, 3.05) is 11.9 Å². The number of carbonyl (C=O) groups is 1. The van der Waals surface area contributed by atoms with Crippen molar-refractivity contribution in [2.24, 2.45) is 0 Å². The van der Waals surface area contributed by atoms with E-state index < -0.39 is 16.6 Å². The van der Waals surface area contributed by atoms with Gasteiger partial charge in [-0.15, -0.1) is 0 Å². The first kappa shape index (κ1) is 16.5. The highest BCUT2D eigenvalue weighted by molar-refractivity contribution is 5.95. The number of carbonyl (C=O) groups excluding carboxylic acids is 1. The van der Waals surface area contributed by atoms with Gasteiger partial charge in [0.05, 0.1) is 4.92 Å². The number of rotatable bonds is 5. The molecule has 5 nitrogen and oxygen atoms in total. The number of hydrogen-bond donors (Lipinski definition) is 0. The minimum atomic E-state index is -0.722. The van der Waals surface area contributed by atoms with Gasteiger partial charge in [0.1, 0.15) is 17.3 Å². The Kier molecular flexibility index (Phi) is 4.68. The molecular weight excluding hydrogens is 306 g/mol. The van der Waals surface area contributed by atoms with E-state index in [1.165, 1.54) is 36.1 Å². The Morgan fingerprint density at radius 3 is 2.48 bits per heavy atom. The molecule has 0 heterocycles. The third kappa shape index (κ3) is 3.68. The van der Waals surface area contributed by atoms with Gasteiger partial charge in [-0.05, 0) is 25.1 Å². The number of ketones is 1. The Bertz CT molecular complexity index is 778. The highest BCUT2D eigenvalue weighted by Gasteiger charge is 2.20. The monoisotopic (exact) mass is 320 g/mol. The summed E-state index contributed by atoms with van der Waals surface area (Å²) >= 11 is 0. The molecule has 0 unspecified atom stereocenters. The molecule has 0 fully saturated rings. The van der Waals surface area contributed by atoms with Gasteiger partial charge in [-0.25, -0.2) is 8.78 Å². The van der Waals surface area contributed by atoms with E-state index in [4.69, 9.17) is 0 Å². The topological polar surface area (TPSA) is 63.5 Å². The van der Waals surface area contributed by atoms with Crippen LogP contribution in [0.4, 0.5) is 20.2 Å². The predicted octanol–water partition coefficient (Wildman–Crippen LogP) is 3.71. The maximum atomic E-state index is 13.7. The molecule has 0 aliphatic heterocycles. The lowest BCUT2D eigenvalue weighted by Gasteiger charge is -2.20. The Labute approximate surface area is 131 Å². The second kappa shape index (κ2) is 6.51. The molecule has 7 heteroatoms. The summed E-state index contributed by atoms with van der Waals surface area (Å²) in [7, 11) is 1.55.